The monoisotopic (exact) mass is 327 g/mol. The number of Topliss-reactive ketones (excluding diaryl/α,β-unsaturated/α-hetero) is 1. The summed E-state index contributed by atoms with van der Waals surface area (Å²) in [6.07, 6.45) is 0. The molecule has 1 aliphatic rings. The van der Waals surface area contributed by atoms with E-state index in [1.165, 1.54) is 37.3 Å². The lowest BCUT2D eigenvalue weighted by Gasteiger charge is -2.11. The fraction of sp³-hybridized carbons (Fsp3) is 0.118. The van der Waals surface area contributed by atoms with Gasteiger partial charge in [-0.1, -0.05) is 12.1 Å². The predicted molar refractivity (Wildman–Crippen MR) is 83.9 cm³/mol. The van der Waals surface area contributed by atoms with Gasteiger partial charge in [0.2, 0.25) is 6.79 Å². The van der Waals surface area contributed by atoms with Crippen molar-refractivity contribution < 1.29 is 29.0 Å². The zero-order valence-electron chi connectivity index (χ0n) is 12.7. The molecule has 0 unspecified atom stereocenters. The van der Waals surface area contributed by atoms with E-state index in [2.05, 4.69) is 5.32 Å². The largest absolute Gasteiger partial charge is 0.478 e. The Hall–Kier alpha value is -3.35. The summed E-state index contributed by atoms with van der Waals surface area (Å²) in [7, 11) is 0. The number of carboxylic acid groups (broad SMARTS) is 1. The Balaban J connectivity index is 1.98. The molecule has 7 heteroatoms. The summed E-state index contributed by atoms with van der Waals surface area (Å²) in [5.41, 5.74) is 0.356. The summed E-state index contributed by atoms with van der Waals surface area (Å²) in [6, 6.07) is 8.81. The van der Waals surface area contributed by atoms with Gasteiger partial charge in [0.15, 0.2) is 17.3 Å². The van der Waals surface area contributed by atoms with Gasteiger partial charge in [0.25, 0.3) is 5.91 Å². The third-order valence-electron chi connectivity index (χ3n) is 3.54. The van der Waals surface area contributed by atoms with Crippen LogP contribution in [0.25, 0.3) is 0 Å². The fourth-order valence-electron chi connectivity index (χ4n) is 2.39. The van der Waals surface area contributed by atoms with E-state index in [9.17, 15) is 19.5 Å². The van der Waals surface area contributed by atoms with Crippen LogP contribution >= 0.6 is 0 Å². The lowest BCUT2D eigenvalue weighted by Crippen LogP contribution is -2.17. The molecule has 1 heterocycles. The van der Waals surface area contributed by atoms with Gasteiger partial charge in [-0.05, 0) is 25.1 Å². The minimum Gasteiger partial charge on any atom is -0.478 e. The molecular formula is C17H13NO6. The third-order valence-corrected chi connectivity index (χ3v) is 3.54. The Morgan fingerprint density at radius 2 is 1.62 bits per heavy atom. The number of aromatic carboxylic acids is 1. The number of rotatable bonds is 4. The molecule has 0 atom stereocenters. The van der Waals surface area contributed by atoms with Gasteiger partial charge < -0.3 is 19.9 Å². The minimum absolute atomic E-state index is 0.00262. The molecule has 24 heavy (non-hydrogen) atoms. The van der Waals surface area contributed by atoms with E-state index in [4.69, 9.17) is 9.47 Å². The van der Waals surface area contributed by atoms with Crippen molar-refractivity contribution in [2.24, 2.45) is 0 Å². The molecular weight excluding hydrogens is 314 g/mol. The van der Waals surface area contributed by atoms with E-state index in [1.54, 1.807) is 6.07 Å². The van der Waals surface area contributed by atoms with Crippen LogP contribution in [-0.2, 0) is 0 Å². The van der Waals surface area contributed by atoms with Gasteiger partial charge >= 0.3 is 5.97 Å². The number of amides is 1. The Morgan fingerprint density at radius 1 is 1.00 bits per heavy atom. The number of hydrogen-bond donors (Lipinski definition) is 2. The molecule has 0 aromatic heterocycles. The van der Waals surface area contributed by atoms with Crippen molar-refractivity contribution in [3.63, 3.8) is 0 Å². The summed E-state index contributed by atoms with van der Waals surface area (Å²) in [5, 5.41) is 11.8. The van der Waals surface area contributed by atoms with Gasteiger partial charge in [-0.15, -0.1) is 0 Å². The number of fused-ring (bicyclic) bond motifs is 1. The second kappa shape index (κ2) is 6.04. The number of anilines is 1. The number of carbonyl (C=O) groups excluding carboxylic acids is 2. The normalized spacial score (nSPS) is 11.9. The molecule has 0 bridgehead atoms. The molecule has 1 amide bonds. The summed E-state index contributed by atoms with van der Waals surface area (Å²) < 4.78 is 10.5. The van der Waals surface area contributed by atoms with Gasteiger partial charge in [0, 0.05) is 11.6 Å². The summed E-state index contributed by atoms with van der Waals surface area (Å²) >= 11 is 0. The first-order chi connectivity index (χ1) is 11.5. The highest BCUT2D eigenvalue weighted by molar-refractivity contribution is 6.13. The van der Waals surface area contributed by atoms with Crippen LogP contribution in [-0.4, -0.2) is 29.6 Å². The average Bonchev–Trinajstić information content (AvgIpc) is 3.01. The average molecular weight is 327 g/mol. The number of ketones is 1. The van der Waals surface area contributed by atoms with Crippen molar-refractivity contribution in [1.29, 1.82) is 0 Å². The fourth-order valence-corrected chi connectivity index (χ4v) is 2.39. The Kier molecular flexibility index (Phi) is 3.91. The van der Waals surface area contributed by atoms with Crippen molar-refractivity contribution >= 4 is 23.3 Å². The van der Waals surface area contributed by atoms with Crippen LogP contribution in [0.15, 0.2) is 36.4 Å². The number of carboxylic acids is 1. The first kappa shape index (κ1) is 15.5. The van der Waals surface area contributed by atoms with Crippen LogP contribution in [0.5, 0.6) is 11.5 Å². The smallest absolute Gasteiger partial charge is 0.336 e. The predicted octanol–water partition coefficient (Wildman–Crippen LogP) is 2.57. The Bertz CT molecular complexity index is 858. The van der Waals surface area contributed by atoms with E-state index in [-0.39, 0.29) is 35.0 Å². The van der Waals surface area contributed by atoms with Gasteiger partial charge in [-0.25, -0.2) is 4.79 Å². The topological polar surface area (TPSA) is 102 Å². The first-order valence-corrected chi connectivity index (χ1v) is 7.05. The minimum atomic E-state index is -1.21. The molecule has 7 nitrogen and oxygen atoms in total. The van der Waals surface area contributed by atoms with Crippen molar-refractivity contribution in [2.75, 3.05) is 12.1 Å². The summed E-state index contributed by atoms with van der Waals surface area (Å²) in [5.74, 6) is -1.28. The van der Waals surface area contributed by atoms with Crippen molar-refractivity contribution in [3.05, 3.63) is 53.1 Å². The van der Waals surface area contributed by atoms with Crippen LogP contribution in [0.2, 0.25) is 0 Å². The molecule has 0 spiro atoms. The number of nitrogens with one attached hydrogen (secondary N) is 1. The van der Waals surface area contributed by atoms with Crippen molar-refractivity contribution in [3.8, 4) is 11.5 Å². The molecule has 0 aliphatic carbocycles. The van der Waals surface area contributed by atoms with E-state index in [0.717, 1.165) is 0 Å². The molecule has 3 rings (SSSR count). The van der Waals surface area contributed by atoms with Crippen LogP contribution in [0.1, 0.15) is 38.0 Å². The molecule has 1 aliphatic heterocycles. The maximum atomic E-state index is 12.5. The third kappa shape index (κ3) is 2.79. The highest BCUT2D eigenvalue weighted by Gasteiger charge is 2.22. The number of hydrogen-bond acceptors (Lipinski definition) is 5. The maximum Gasteiger partial charge on any atom is 0.336 e. The quantitative estimate of drug-likeness (QED) is 0.837. The SMILES string of the molecule is CC(=O)c1cc2c(cc1NC(=O)c1ccccc1C(=O)O)OCO2. The zero-order valence-corrected chi connectivity index (χ0v) is 12.7. The lowest BCUT2D eigenvalue weighted by atomic mass is 10.1. The molecule has 2 aromatic rings. The Labute approximate surface area is 136 Å². The standard InChI is InChI=1S/C17H13NO6/c1-9(19)12-6-14-15(24-8-23-14)7-13(12)18-16(20)10-4-2-3-5-11(10)17(21)22/h2-7H,8H2,1H3,(H,18,20)(H,21,22). The maximum absolute atomic E-state index is 12.5. The summed E-state index contributed by atoms with van der Waals surface area (Å²) in [4.78, 5) is 35.5. The molecule has 2 aromatic carbocycles. The van der Waals surface area contributed by atoms with Crippen LogP contribution in [0.4, 0.5) is 5.69 Å². The van der Waals surface area contributed by atoms with Gasteiger partial charge in [0.05, 0.1) is 16.8 Å². The van der Waals surface area contributed by atoms with E-state index in [1.807, 2.05) is 0 Å². The molecule has 0 saturated carbocycles. The van der Waals surface area contributed by atoms with Gasteiger partial charge in [-0.3, -0.25) is 9.59 Å². The highest BCUT2D eigenvalue weighted by atomic mass is 16.7. The van der Waals surface area contributed by atoms with Gasteiger partial charge in [0.1, 0.15) is 0 Å². The summed E-state index contributed by atoms with van der Waals surface area (Å²) in [6.45, 7) is 1.39. The zero-order chi connectivity index (χ0) is 17.3. The highest BCUT2D eigenvalue weighted by Crippen LogP contribution is 2.37. The van der Waals surface area contributed by atoms with E-state index < -0.39 is 11.9 Å². The Morgan fingerprint density at radius 3 is 2.25 bits per heavy atom. The van der Waals surface area contributed by atoms with Crippen LogP contribution in [0, 0.1) is 0 Å². The number of carbonyl (C=O) groups is 3. The molecule has 2 N–H and O–H groups in total. The van der Waals surface area contributed by atoms with Crippen LogP contribution < -0.4 is 14.8 Å². The molecule has 122 valence electrons. The van der Waals surface area contributed by atoms with Crippen LogP contribution in [0.3, 0.4) is 0 Å². The van der Waals surface area contributed by atoms with Crippen molar-refractivity contribution in [1.82, 2.24) is 0 Å². The number of ether oxygens (including phenoxy) is 2. The second-order valence-electron chi connectivity index (χ2n) is 5.11. The molecule has 0 radical (unpaired) electrons. The van der Waals surface area contributed by atoms with Gasteiger partial charge in [-0.2, -0.15) is 0 Å². The second-order valence-corrected chi connectivity index (χ2v) is 5.11. The van der Waals surface area contributed by atoms with Crippen molar-refractivity contribution in [2.45, 2.75) is 6.92 Å². The first-order valence-electron chi connectivity index (χ1n) is 7.05. The van der Waals surface area contributed by atoms with E-state index in [0.29, 0.717) is 11.5 Å². The van der Waals surface area contributed by atoms with E-state index >= 15 is 0 Å². The molecule has 0 saturated heterocycles. The molecule has 0 fully saturated rings. The lowest BCUT2D eigenvalue weighted by molar-refractivity contribution is 0.0692. The number of benzene rings is 2.